The van der Waals surface area contributed by atoms with Gasteiger partial charge < -0.3 is 5.32 Å². The van der Waals surface area contributed by atoms with Crippen LogP contribution in [-0.4, -0.2) is 25.5 Å². The van der Waals surface area contributed by atoms with E-state index in [4.69, 9.17) is 0 Å². The van der Waals surface area contributed by atoms with Gasteiger partial charge in [-0.1, -0.05) is 24.3 Å². The third-order valence-electron chi connectivity index (χ3n) is 5.82. The first-order valence-corrected chi connectivity index (χ1v) is 10.2. The molecule has 0 bridgehead atoms. The number of carbonyl (C=O) groups excluding carboxylic acids is 1. The zero-order valence-corrected chi connectivity index (χ0v) is 17.1. The van der Waals surface area contributed by atoms with Crippen molar-refractivity contribution in [3.8, 4) is 0 Å². The molecule has 0 radical (unpaired) electrons. The van der Waals surface area contributed by atoms with Crippen LogP contribution in [0, 0.1) is 24.5 Å². The molecule has 2 heterocycles. The van der Waals surface area contributed by atoms with E-state index in [9.17, 15) is 18.4 Å². The molecule has 1 amide bonds. The van der Waals surface area contributed by atoms with E-state index >= 15 is 0 Å². The van der Waals surface area contributed by atoms with Crippen molar-refractivity contribution < 1.29 is 13.6 Å². The van der Waals surface area contributed by atoms with Gasteiger partial charge in [0.25, 0.3) is 11.5 Å². The molecule has 9 heteroatoms. The second kappa shape index (κ2) is 7.67. The number of rotatable bonds is 5. The van der Waals surface area contributed by atoms with Crippen LogP contribution >= 0.6 is 0 Å². The van der Waals surface area contributed by atoms with Gasteiger partial charge in [0.05, 0.1) is 22.7 Å². The second-order valence-corrected chi connectivity index (χ2v) is 7.93. The number of nitrogens with one attached hydrogen (secondary N) is 1. The first-order valence-electron chi connectivity index (χ1n) is 10.2. The van der Waals surface area contributed by atoms with E-state index in [0.29, 0.717) is 11.3 Å². The minimum absolute atomic E-state index is 0.162. The maximum Gasteiger partial charge on any atom is 0.280 e. The van der Waals surface area contributed by atoms with E-state index in [0.717, 1.165) is 17.5 Å². The number of carbonyl (C=O) groups is 1. The number of hydrogen-bond donors (Lipinski definition) is 1. The Bertz CT molecular complexity index is 1390. The lowest BCUT2D eigenvalue weighted by Gasteiger charge is -2.22. The van der Waals surface area contributed by atoms with Crippen LogP contribution in [0.2, 0.25) is 0 Å². The Hall–Kier alpha value is -3.88. The number of aromatic nitrogens is 4. The smallest absolute Gasteiger partial charge is 0.280 e. The summed E-state index contributed by atoms with van der Waals surface area (Å²) >= 11 is 0. The van der Waals surface area contributed by atoms with E-state index < -0.39 is 23.3 Å². The molecule has 1 aliphatic carbocycles. The molecule has 1 N–H and O–H groups in total. The van der Waals surface area contributed by atoms with Gasteiger partial charge in [0, 0.05) is 5.39 Å². The SMILES string of the molecule is Cc1c(C(=O)N[C@H](c2cccc(F)c2)C2CC2)c2cccc(F)c2c(=O)n1-n1cnnc1. The molecular weight excluding hydrogens is 416 g/mol. The van der Waals surface area contributed by atoms with Crippen molar-refractivity contribution in [2.75, 3.05) is 0 Å². The molecule has 1 fully saturated rings. The predicted molar refractivity (Wildman–Crippen MR) is 113 cm³/mol. The summed E-state index contributed by atoms with van der Waals surface area (Å²) in [5.41, 5.74) is 0.506. The summed E-state index contributed by atoms with van der Waals surface area (Å²) in [6, 6.07) is 9.93. The van der Waals surface area contributed by atoms with Gasteiger partial charge >= 0.3 is 0 Å². The van der Waals surface area contributed by atoms with Crippen LogP contribution in [0.5, 0.6) is 0 Å². The van der Waals surface area contributed by atoms with E-state index in [1.165, 1.54) is 41.6 Å². The van der Waals surface area contributed by atoms with Crippen molar-refractivity contribution in [3.63, 3.8) is 0 Å². The fraction of sp³-hybridized carbons (Fsp3) is 0.217. The monoisotopic (exact) mass is 435 g/mol. The number of amides is 1. The number of fused-ring (bicyclic) bond motifs is 1. The largest absolute Gasteiger partial charge is 0.345 e. The molecule has 0 saturated heterocycles. The molecule has 1 aliphatic rings. The van der Waals surface area contributed by atoms with Gasteiger partial charge in [0.15, 0.2) is 0 Å². The fourth-order valence-corrected chi connectivity index (χ4v) is 4.19. The average Bonchev–Trinajstić information content (AvgIpc) is 3.46. The van der Waals surface area contributed by atoms with E-state index in [2.05, 4.69) is 15.5 Å². The Morgan fingerprint density at radius 1 is 1.12 bits per heavy atom. The van der Waals surface area contributed by atoms with Crippen LogP contribution in [0.15, 0.2) is 59.9 Å². The highest BCUT2D eigenvalue weighted by Crippen LogP contribution is 2.41. The molecule has 1 saturated carbocycles. The van der Waals surface area contributed by atoms with Crippen LogP contribution in [0.3, 0.4) is 0 Å². The van der Waals surface area contributed by atoms with Gasteiger partial charge in [-0.05, 0) is 49.4 Å². The third-order valence-corrected chi connectivity index (χ3v) is 5.82. The molecular formula is C23H19F2N5O2. The van der Waals surface area contributed by atoms with Crippen molar-refractivity contribution in [3.05, 3.63) is 93.9 Å². The lowest BCUT2D eigenvalue weighted by Crippen LogP contribution is -2.35. The maximum atomic E-state index is 14.7. The summed E-state index contributed by atoms with van der Waals surface area (Å²) in [5.74, 6) is -1.39. The van der Waals surface area contributed by atoms with Gasteiger partial charge in [0.1, 0.15) is 24.3 Å². The highest BCUT2D eigenvalue weighted by atomic mass is 19.1. The van der Waals surface area contributed by atoms with Crippen LogP contribution in [0.4, 0.5) is 8.78 Å². The average molecular weight is 435 g/mol. The van der Waals surface area contributed by atoms with E-state index in [1.807, 2.05) is 0 Å². The third kappa shape index (κ3) is 3.35. The van der Waals surface area contributed by atoms with Crippen molar-refractivity contribution in [2.24, 2.45) is 5.92 Å². The molecule has 0 aliphatic heterocycles. The molecule has 2 aromatic carbocycles. The fourth-order valence-electron chi connectivity index (χ4n) is 4.19. The topological polar surface area (TPSA) is 81.8 Å². The molecule has 5 rings (SSSR count). The highest BCUT2D eigenvalue weighted by Gasteiger charge is 2.35. The Balaban J connectivity index is 1.67. The standard InChI is InChI=1S/C23H19F2N5O2/c1-13-19(22(31)28-21(14-8-9-14)15-4-2-5-16(24)10-15)17-6-3-7-18(25)20(17)23(32)30(13)29-11-26-27-12-29/h2-7,10-12,14,21H,8-9H2,1H3,(H,28,31)/t21-/m0/s1. The Morgan fingerprint density at radius 2 is 1.84 bits per heavy atom. The molecule has 0 spiro atoms. The van der Waals surface area contributed by atoms with E-state index in [1.54, 1.807) is 25.1 Å². The summed E-state index contributed by atoms with van der Waals surface area (Å²) in [5, 5.41) is 10.4. The molecule has 1 atom stereocenters. The predicted octanol–water partition coefficient (Wildman–Crippen LogP) is 3.37. The van der Waals surface area contributed by atoms with Gasteiger partial charge in [-0.2, -0.15) is 0 Å². The summed E-state index contributed by atoms with van der Waals surface area (Å²) in [7, 11) is 0. The molecule has 4 aromatic rings. The van der Waals surface area contributed by atoms with Crippen LogP contribution < -0.4 is 10.9 Å². The normalized spacial score (nSPS) is 14.5. The molecule has 162 valence electrons. The molecule has 2 aromatic heterocycles. The first kappa shape index (κ1) is 20.0. The Labute approximate surface area is 181 Å². The van der Waals surface area contributed by atoms with Gasteiger partial charge in [0.2, 0.25) is 0 Å². The van der Waals surface area contributed by atoms with Gasteiger partial charge in [-0.3, -0.25) is 9.59 Å². The van der Waals surface area contributed by atoms with Crippen molar-refractivity contribution in [2.45, 2.75) is 25.8 Å². The zero-order chi connectivity index (χ0) is 22.4. The molecule has 0 unspecified atom stereocenters. The maximum absolute atomic E-state index is 14.7. The Kier molecular flexibility index (Phi) is 4.80. The molecule has 32 heavy (non-hydrogen) atoms. The summed E-state index contributed by atoms with van der Waals surface area (Å²) in [4.78, 5) is 26.7. The van der Waals surface area contributed by atoms with E-state index in [-0.39, 0.29) is 28.1 Å². The van der Waals surface area contributed by atoms with Crippen molar-refractivity contribution >= 4 is 16.7 Å². The lowest BCUT2D eigenvalue weighted by atomic mass is 9.99. The number of halogens is 2. The second-order valence-electron chi connectivity index (χ2n) is 7.93. The summed E-state index contributed by atoms with van der Waals surface area (Å²) < 4.78 is 31.0. The minimum atomic E-state index is -0.729. The van der Waals surface area contributed by atoms with Crippen LogP contribution in [-0.2, 0) is 0 Å². The van der Waals surface area contributed by atoms with Gasteiger partial charge in [-0.25, -0.2) is 18.1 Å². The van der Waals surface area contributed by atoms with Crippen molar-refractivity contribution in [1.29, 1.82) is 0 Å². The van der Waals surface area contributed by atoms with Gasteiger partial charge in [-0.15, -0.1) is 10.2 Å². The quantitative estimate of drug-likeness (QED) is 0.521. The van der Waals surface area contributed by atoms with Crippen LogP contribution in [0.1, 0.15) is 40.5 Å². The lowest BCUT2D eigenvalue weighted by molar-refractivity contribution is 0.0931. The van der Waals surface area contributed by atoms with Crippen LogP contribution in [0.25, 0.3) is 10.8 Å². The number of nitrogens with zero attached hydrogens (tertiary/aromatic N) is 4. The minimum Gasteiger partial charge on any atom is -0.345 e. The summed E-state index contributed by atoms with van der Waals surface area (Å²) in [6.45, 7) is 1.61. The number of benzene rings is 2. The zero-order valence-electron chi connectivity index (χ0n) is 17.1. The first-order chi connectivity index (χ1) is 15.5. The number of pyridine rings is 1. The Morgan fingerprint density at radius 3 is 2.53 bits per heavy atom. The number of hydrogen-bond acceptors (Lipinski definition) is 4. The van der Waals surface area contributed by atoms with Crippen molar-refractivity contribution in [1.82, 2.24) is 24.9 Å². The summed E-state index contributed by atoms with van der Waals surface area (Å²) in [6.07, 6.45) is 4.41. The highest BCUT2D eigenvalue weighted by molar-refractivity contribution is 6.08. The molecule has 7 nitrogen and oxygen atoms in total.